The Morgan fingerprint density at radius 1 is 1.00 bits per heavy atom. The topological polar surface area (TPSA) is 168 Å². The van der Waals surface area contributed by atoms with E-state index in [1.807, 2.05) is 6.92 Å². The summed E-state index contributed by atoms with van der Waals surface area (Å²) >= 11 is 0. The first-order valence-electron chi connectivity index (χ1n) is 11.5. The van der Waals surface area contributed by atoms with Crippen molar-refractivity contribution >= 4 is 35.7 Å². The number of methoxy groups -OCH3 is 2. The number of amides is 2. The van der Waals surface area contributed by atoms with Crippen molar-refractivity contribution < 1.29 is 48.5 Å². The van der Waals surface area contributed by atoms with Gasteiger partial charge in [-0.05, 0) is 25.5 Å². The van der Waals surface area contributed by atoms with Crippen LogP contribution in [0.2, 0.25) is 0 Å². The van der Waals surface area contributed by atoms with Gasteiger partial charge in [0.2, 0.25) is 11.8 Å². The van der Waals surface area contributed by atoms with Crippen LogP contribution in [0.25, 0.3) is 0 Å². The van der Waals surface area contributed by atoms with Gasteiger partial charge in [-0.15, -0.1) is 0 Å². The molecule has 36 heavy (non-hydrogen) atoms. The lowest BCUT2D eigenvalue weighted by Gasteiger charge is -2.33. The Bertz CT molecular complexity index is 839. The number of rotatable bonds is 9. The SMILES string of the molecule is C=CN1CCCC1=O.CCC(C(C(=O)O)C(C)C(=O)OC)N1CCCC1=O.COC(=O)/C=C\C(=O)O. The van der Waals surface area contributed by atoms with Crippen molar-refractivity contribution in [2.24, 2.45) is 11.8 Å². The molecule has 0 aromatic heterocycles. The summed E-state index contributed by atoms with van der Waals surface area (Å²) in [6.45, 7) is 8.29. The van der Waals surface area contributed by atoms with Gasteiger partial charge in [0.1, 0.15) is 0 Å². The molecule has 0 radical (unpaired) electrons. The normalized spacial score (nSPS) is 17.2. The second-order valence-corrected chi connectivity index (χ2v) is 7.91. The molecule has 3 atom stereocenters. The van der Waals surface area contributed by atoms with Gasteiger partial charge in [0.15, 0.2) is 0 Å². The maximum absolute atomic E-state index is 11.8. The zero-order valence-corrected chi connectivity index (χ0v) is 21.2. The number of carboxylic acids is 2. The minimum absolute atomic E-state index is 0.0323. The smallest absolute Gasteiger partial charge is 0.330 e. The maximum atomic E-state index is 11.8. The van der Waals surface area contributed by atoms with E-state index in [1.165, 1.54) is 21.1 Å². The van der Waals surface area contributed by atoms with Gasteiger partial charge < -0.3 is 29.5 Å². The van der Waals surface area contributed by atoms with Crippen molar-refractivity contribution in [3.05, 3.63) is 24.9 Å². The summed E-state index contributed by atoms with van der Waals surface area (Å²) in [4.78, 5) is 68.6. The van der Waals surface area contributed by atoms with Crippen LogP contribution in [0.3, 0.4) is 0 Å². The summed E-state index contributed by atoms with van der Waals surface area (Å²) in [6, 6.07) is -0.457. The van der Waals surface area contributed by atoms with Crippen molar-refractivity contribution in [3.8, 4) is 0 Å². The number of likely N-dealkylation sites (tertiary alicyclic amines) is 2. The highest BCUT2D eigenvalue weighted by molar-refractivity contribution is 5.90. The number of ether oxygens (including phenoxy) is 2. The monoisotopic (exact) mass is 512 g/mol. The number of carbonyl (C=O) groups is 6. The summed E-state index contributed by atoms with van der Waals surface area (Å²) < 4.78 is 8.73. The predicted octanol–water partition coefficient (Wildman–Crippen LogP) is 1.45. The summed E-state index contributed by atoms with van der Waals surface area (Å²) in [7, 11) is 2.41. The van der Waals surface area contributed by atoms with Crippen molar-refractivity contribution in [2.45, 2.75) is 52.0 Å². The van der Waals surface area contributed by atoms with Gasteiger partial charge in [0, 0.05) is 44.1 Å². The lowest BCUT2D eigenvalue weighted by molar-refractivity contribution is -0.159. The molecule has 0 aromatic carbocycles. The second kappa shape index (κ2) is 16.8. The first-order chi connectivity index (χ1) is 16.9. The molecule has 12 heteroatoms. The van der Waals surface area contributed by atoms with Crippen LogP contribution in [0.5, 0.6) is 0 Å². The standard InChI is InChI=1S/C13H21NO5.C6H9NO.C5H6O4/c1-4-9(14-7-5-6-10(14)15)11(12(16)17)8(2)13(18)19-3;1-2-7-5-3-4-6(7)8;1-9-5(8)3-2-4(6)7/h8-9,11H,4-7H2,1-3H3,(H,16,17);2H,1,3-5H2;2-3H,1H3,(H,6,7)/b;;3-2-. The second-order valence-electron chi connectivity index (χ2n) is 7.91. The van der Waals surface area contributed by atoms with Crippen LogP contribution >= 0.6 is 0 Å². The maximum Gasteiger partial charge on any atom is 0.330 e. The Balaban J connectivity index is 0.000000595. The molecule has 202 valence electrons. The van der Waals surface area contributed by atoms with Gasteiger partial charge in [0.25, 0.3) is 0 Å². The third-order valence-corrected chi connectivity index (χ3v) is 5.63. The Morgan fingerprint density at radius 2 is 1.58 bits per heavy atom. The van der Waals surface area contributed by atoms with Gasteiger partial charge in [-0.2, -0.15) is 0 Å². The molecule has 0 spiro atoms. The van der Waals surface area contributed by atoms with Crippen LogP contribution in [-0.2, 0) is 38.2 Å². The molecule has 12 nitrogen and oxygen atoms in total. The molecular weight excluding hydrogens is 476 g/mol. The molecule has 0 saturated carbocycles. The van der Waals surface area contributed by atoms with Crippen LogP contribution in [0.1, 0.15) is 46.0 Å². The summed E-state index contributed by atoms with van der Waals surface area (Å²) in [5.41, 5.74) is 0. The Labute approximate surface area is 210 Å². The fourth-order valence-corrected chi connectivity index (χ4v) is 3.80. The number of aliphatic carboxylic acids is 2. The largest absolute Gasteiger partial charge is 0.481 e. The van der Waals surface area contributed by atoms with Gasteiger partial charge in [-0.3, -0.25) is 19.2 Å². The Kier molecular flexibility index (Phi) is 15.1. The van der Waals surface area contributed by atoms with E-state index in [1.54, 1.807) is 16.0 Å². The van der Waals surface area contributed by atoms with Gasteiger partial charge in [-0.1, -0.05) is 20.4 Å². The number of hydrogen-bond donors (Lipinski definition) is 2. The average Bonchev–Trinajstić information content (AvgIpc) is 3.47. The van der Waals surface area contributed by atoms with E-state index in [9.17, 15) is 33.9 Å². The van der Waals surface area contributed by atoms with Gasteiger partial charge >= 0.3 is 23.9 Å². The first-order valence-corrected chi connectivity index (χ1v) is 11.5. The molecule has 0 aromatic rings. The third kappa shape index (κ3) is 10.7. The quantitative estimate of drug-likeness (QED) is 0.341. The van der Waals surface area contributed by atoms with Crippen LogP contribution in [0.4, 0.5) is 0 Å². The van der Waals surface area contributed by atoms with Crippen molar-refractivity contribution in [3.63, 3.8) is 0 Å². The van der Waals surface area contributed by atoms with E-state index in [-0.39, 0.29) is 11.8 Å². The van der Waals surface area contributed by atoms with E-state index < -0.39 is 41.8 Å². The number of nitrogens with zero attached hydrogens (tertiary/aromatic N) is 2. The summed E-state index contributed by atoms with van der Waals surface area (Å²) in [5, 5.41) is 17.4. The molecule has 2 saturated heterocycles. The van der Waals surface area contributed by atoms with E-state index in [4.69, 9.17) is 5.11 Å². The molecular formula is C24H36N2O10. The average molecular weight is 513 g/mol. The van der Waals surface area contributed by atoms with Crippen LogP contribution in [0, 0.1) is 11.8 Å². The molecule has 2 N–H and O–H groups in total. The molecule has 2 aliphatic rings. The number of carboxylic acid groups (broad SMARTS) is 2. The summed E-state index contributed by atoms with van der Waals surface area (Å²) in [5.74, 6) is -4.99. The van der Waals surface area contributed by atoms with Crippen LogP contribution in [-0.4, -0.2) is 89.1 Å². The minimum Gasteiger partial charge on any atom is -0.481 e. The Morgan fingerprint density at radius 3 is 1.92 bits per heavy atom. The van der Waals surface area contributed by atoms with E-state index in [0.717, 1.165) is 25.5 Å². The fourth-order valence-electron chi connectivity index (χ4n) is 3.80. The number of hydrogen-bond acceptors (Lipinski definition) is 8. The van der Waals surface area contributed by atoms with Gasteiger partial charge in [0.05, 0.1) is 26.1 Å². The third-order valence-electron chi connectivity index (χ3n) is 5.63. The Hall–Kier alpha value is -3.70. The first kappa shape index (κ1) is 32.3. The predicted molar refractivity (Wildman–Crippen MR) is 127 cm³/mol. The molecule has 2 rings (SSSR count). The molecule has 2 aliphatic heterocycles. The zero-order chi connectivity index (χ0) is 27.8. The van der Waals surface area contributed by atoms with E-state index in [0.29, 0.717) is 31.9 Å². The molecule has 0 aliphatic carbocycles. The van der Waals surface area contributed by atoms with Gasteiger partial charge in [-0.25, -0.2) is 9.59 Å². The van der Waals surface area contributed by atoms with Crippen LogP contribution < -0.4 is 0 Å². The molecule has 2 fully saturated rings. The minimum atomic E-state index is -1.17. The molecule has 0 bridgehead atoms. The van der Waals surface area contributed by atoms with E-state index in [2.05, 4.69) is 16.1 Å². The highest BCUT2D eigenvalue weighted by Gasteiger charge is 2.42. The molecule has 3 unspecified atom stereocenters. The molecule has 2 heterocycles. The lowest BCUT2D eigenvalue weighted by Crippen LogP contribution is -2.48. The number of esters is 2. The zero-order valence-electron chi connectivity index (χ0n) is 21.2. The highest BCUT2D eigenvalue weighted by Crippen LogP contribution is 2.27. The number of carbonyl (C=O) groups excluding carboxylic acids is 4. The van der Waals surface area contributed by atoms with Crippen molar-refractivity contribution in [1.82, 2.24) is 9.80 Å². The molecule has 2 amide bonds. The highest BCUT2D eigenvalue weighted by atomic mass is 16.5. The summed E-state index contributed by atoms with van der Waals surface area (Å²) in [6.07, 6.45) is 6.54. The lowest BCUT2D eigenvalue weighted by atomic mass is 9.85. The fraction of sp³-hybridized carbons (Fsp3) is 0.583. The van der Waals surface area contributed by atoms with Crippen molar-refractivity contribution in [1.29, 1.82) is 0 Å². The van der Waals surface area contributed by atoms with Crippen LogP contribution in [0.15, 0.2) is 24.9 Å². The van der Waals surface area contributed by atoms with E-state index >= 15 is 0 Å². The van der Waals surface area contributed by atoms with Crippen molar-refractivity contribution in [2.75, 3.05) is 27.3 Å².